The normalized spacial score (nSPS) is 14.7. The van der Waals surface area contributed by atoms with Gasteiger partial charge in [0, 0.05) is 0 Å². The molecule has 1 unspecified atom stereocenters. The molecule has 1 atom stereocenters. The standard InChI is InChI=1S/C14H28O/c1-6-14(5)15-11-10-13(4)9-7-8-12(2)3/h10,12,14H,6-9,11H2,1-5H3. The minimum Gasteiger partial charge on any atom is -0.374 e. The van der Waals surface area contributed by atoms with E-state index < -0.39 is 0 Å². The predicted octanol–water partition coefficient (Wildman–Crippen LogP) is 4.57. The Morgan fingerprint density at radius 2 is 1.93 bits per heavy atom. The van der Waals surface area contributed by atoms with Crippen LogP contribution < -0.4 is 0 Å². The Morgan fingerprint density at radius 1 is 1.27 bits per heavy atom. The van der Waals surface area contributed by atoms with Crippen molar-refractivity contribution >= 4 is 0 Å². The average molecular weight is 212 g/mol. The van der Waals surface area contributed by atoms with Crippen LogP contribution in [0.4, 0.5) is 0 Å². The number of rotatable bonds is 8. The molecule has 0 N–H and O–H groups in total. The second-order valence-electron chi connectivity index (χ2n) is 4.89. The molecule has 0 aromatic rings. The van der Waals surface area contributed by atoms with E-state index >= 15 is 0 Å². The molecule has 1 nitrogen and oxygen atoms in total. The van der Waals surface area contributed by atoms with Crippen LogP contribution in [0.15, 0.2) is 11.6 Å². The molecule has 0 amide bonds. The zero-order chi connectivity index (χ0) is 11.7. The van der Waals surface area contributed by atoms with Crippen LogP contribution in [0, 0.1) is 5.92 Å². The highest BCUT2D eigenvalue weighted by atomic mass is 16.5. The van der Waals surface area contributed by atoms with Crippen LogP contribution in [0.5, 0.6) is 0 Å². The molecule has 15 heavy (non-hydrogen) atoms. The Hall–Kier alpha value is -0.300. The van der Waals surface area contributed by atoms with E-state index in [2.05, 4.69) is 40.7 Å². The van der Waals surface area contributed by atoms with Gasteiger partial charge in [0.25, 0.3) is 0 Å². The van der Waals surface area contributed by atoms with Crippen molar-refractivity contribution in [2.45, 2.75) is 66.4 Å². The van der Waals surface area contributed by atoms with Crippen molar-refractivity contribution in [2.75, 3.05) is 6.61 Å². The molecule has 1 heteroatoms. The largest absolute Gasteiger partial charge is 0.374 e. The molecule has 0 aliphatic carbocycles. The molecule has 90 valence electrons. The summed E-state index contributed by atoms with van der Waals surface area (Å²) in [6, 6.07) is 0. The zero-order valence-corrected chi connectivity index (χ0v) is 11.2. The summed E-state index contributed by atoms with van der Waals surface area (Å²) in [5, 5.41) is 0. The van der Waals surface area contributed by atoms with Crippen molar-refractivity contribution in [3.63, 3.8) is 0 Å². The fourth-order valence-electron chi connectivity index (χ4n) is 1.36. The SMILES string of the molecule is CCC(C)OCC=C(C)CCCC(C)C. The van der Waals surface area contributed by atoms with Gasteiger partial charge in [-0.15, -0.1) is 0 Å². The summed E-state index contributed by atoms with van der Waals surface area (Å²) in [4.78, 5) is 0. The molecule has 0 saturated heterocycles. The zero-order valence-electron chi connectivity index (χ0n) is 11.2. The third kappa shape index (κ3) is 9.99. The van der Waals surface area contributed by atoms with Gasteiger partial charge in [-0.2, -0.15) is 0 Å². The monoisotopic (exact) mass is 212 g/mol. The van der Waals surface area contributed by atoms with Gasteiger partial charge in [-0.3, -0.25) is 0 Å². The van der Waals surface area contributed by atoms with E-state index in [9.17, 15) is 0 Å². The van der Waals surface area contributed by atoms with Gasteiger partial charge in [0.2, 0.25) is 0 Å². The maximum absolute atomic E-state index is 5.61. The first-order chi connectivity index (χ1) is 7.06. The van der Waals surface area contributed by atoms with Crippen LogP contribution in [-0.4, -0.2) is 12.7 Å². The van der Waals surface area contributed by atoms with Crippen molar-refractivity contribution in [3.8, 4) is 0 Å². The summed E-state index contributed by atoms with van der Waals surface area (Å²) < 4.78 is 5.61. The van der Waals surface area contributed by atoms with Crippen LogP contribution >= 0.6 is 0 Å². The number of hydrogen-bond donors (Lipinski definition) is 0. The van der Waals surface area contributed by atoms with Crippen molar-refractivity contribution in [1.82, 2.24) is 0 Å². The molecule has 0 aliphatic heterocycles. The van der Waals surface area contributed by atoms with E-state index in [1.807, 2.05) is 0 Å². The quantitative estimate of drug-likeness (QED) is 0.535. The smallest absolute Gasteiger partial charge is 0.0653 e. The van der Waals surface area contributed by atoms with Crippen molar-refractivity contribution in [3.05, 3.63) is 11.6 Å². The highest BCUT2D eigenvalue weighted by molar-refractivity contribution is 4.97. The van der Waals surface area contributed by atoms with Crippen LogP contribution in [0.2, 0.25) is 0 Å². The third-order valence-corrected chi connectivity index (χ3v) is 2.74. The molecule has 0 radical (unpaired) electrons. The van der Waals surface area contributed by atoms with E-state index in [4.69, 9.17) is 4.74 Å². The molecule has 0 aliphatic rings. The second kappa shape index (κ2) is 8.96. The molecular formula is C14H28O. The lowest BCUT2D eigenvalue weighted by Crippen LogP contribution is -2.06. The fourth-order valence-corrected chi connectivity index (χ4v) is 1.36. The van der Waals surface area contributed by atoms with Gasteiger partial charge in [0.1, 0.15) is 0 Å². The molecule has 0 rings (SSSR count). The van der Waals surface area contributed by atoms with Gasteiger partial charge in [-0.05, 0) is 39.0 Å². The topological polar surface area (TPSA) is 9.23 Å². The Morgan fingerprint density at radius 3 is 2.47 bits per heavy atom. The van der Waals surface area contributed by atoms with E-state index in [0.717, 1.165) is 18.9 Å². The molecule has 0 spiro atoms. The Bertz CT molecular complexity index is 170. The lowest BCUT2D eigenvalue weighted by Gasteiger charge is -2.09. The first kappa shape index (κ1) is 14.7. The molecule has 0 saturated carbocycles. The second-order valence-corrected chi connectivity index (χ2v) is 4.89. The lowest BCUT2D eigenvalue weighted by molar-refractivity contribution is 0.0853. The van der Waals surface area contributed by atoms with E-state index in [0.29, 0.717) is 6.10 Å². The molecule has 0 bridgehead atoms. The summed E-state index contributed by atoms with van der Waals surface area (Å²) in [6.07, 6.45) is 7.58. The van der Waals surface area contributed by atoms with Gasteiger partial charge in [0.15, 0.2) is 0 Å². The van der Waals surface area contributed by atoms with Crippen LogP contribution in [0.1, 0.15) is 60.3 Å². The maximum Gasteiger partial charge on any atom is 0.0653 e. The fraction of sp³-hybridized carbons (Fsp3) is 0.857. The third-order valence-electron chi connectivity index (χ3n) is 2.74. The van der Waals surface area contributed by atoms with Gasteiger partial charge < -0.3 is 4.74 Å². The van der Waals surface area contributed by atoms with Gasteiger partial charge in [0.05, 0.1) is 12.7 Å². The van der Waals surface area contributed by atoms with Crippen LogP contribution in [0.3, 0.4) is 0 Å². The summed E-state index contributed by atoms with van der Waals surface area (Å²) in [5.74, 6) is 0.828. The van der Waals surface area contributed by atoms with E-state index in [1.165, 1.54) is 24.8 Å². The molecule has 0 fully saturated rings. The summed E-state index contributed by atoms with van der Waals surface area (Å²) in [5.41, 5.74) is 1.47. The number of hydrogen-bond acceptors (Lipinski definition) is 1. The number of allylic oxidation sites excluding steroid dienone is 1. The molecule has 0 heterocycles. The van der Waals surface area contributed by atoms with Crippen LogP contribution in [0.25, 0.3) is 0 Å². The number of ether oxygens (including phenoxy) is 1. The maximum atomic E-state index is 5.61. The lowest BCUT2D eigenvalue weighted by atomic mass is 10.0. The first-order valence-electron chi connectivity index (χ1n) is 6.33. The van der Waals surface area contributed by atoms with Gasteiger partial charge >= 0.3 is 0 Å². The van der Waals surface area contributed by atoms with E-state index in [1.54, 1.807) is 0 Å². The van der Waals surface area contributed by atoms with E-state index in [-0.39, 0.29) is 0 Å². The summed E-state index contributed by atoms with van der Waals surface area (Å²) in [7, 11) is 0. The Labute approximate surface area is 95.9 Å². The molecular weight excluding hydrogens is 184 g/mol. The van der Waals surface area contributed by atoms with Gasteiger partial charge in [-0.25, -0.2) is 0 Å². The predicted molar refractivity (Wildman–Crippen MR) is 68.2 cm³/mol. The molecule has 0 aromatic carbocycles. The molecule has 0 aromatic heterocycles. The Kier molecular flexibility index (Phi) is 8.79. The highest BCUT2D eigenvalue weighted by Crippen LogP contribution is 2.11. The first-order valence-corrected chi connectivity index (χ1v) is 6.33. The van der Waals surface area contributed by atoms with Crippen LogP contribution in [-0.2, 0) is 4.74 Å². The van der Waals surface area contributed by atoms with Crippen molar-refractivity contribution < 1.29 is 4.74 Å². The average Bonchev–Trinajstić information content (AvgIpc) is 2.17. The summed E-state index contributed by atoms with van der Waals surface area (Å²) in [6.45, 7) is 11.8. The summed E-state index contributed by atoms with van der Waals surface area (Å²) >= 11 is 0. The Balaban J connectivity index is 3.52. The highest BCUT2D eigenvalue weighted by Gasteiger charge is 1.97. The van der Waals surface area contributed by atoms with Gasteiger partial charge in [-0.1, -0.05) is 38.8 Å². The van der Waals surface area contributed by atoms with Crippen molar-refractivity contribution in [2.24, 2.45) is 5.92 Å². The van der Waals surface area contributed by atoms with Crippen molar-refractivity contribution in [1.29, 1.82) is 0 Å². The minimum atomic E-state index is 0.393. The minimum absolute atomic E-state index is 0.393.